The molecule has 2 aliphatic rings. The first-order valence-electron chi connectivity index (χ1n) is 8.56. The quantitative estimate of drug-likeness (QED) is 0.735. The van der Waals surface area contributed by atoms with Crippen LogP contribution in [0.15, 0.2) is 22.7 Å². The third-order valence-corrected chi connectivity index (χ3v) is 5.87. The zero-order valence-corrected chi connectivity index (χ0v) is 15.5. The van der Waals surface area contributed by atoms with E-state index in [-0.39, 0.29) is 23.8 Å². The Hall–Kier alpha value is -1.40. The van der Waals surface area contributed by atoms with Crippen molar-refractivity contribution in [2.75, 3.05) is 25.0 Å². The second-order valence-electron chi connectivity index (χ2n) is 6.92. The molecule has 0 spiro atoms. The van der Waals surface area contributed by atoms with E-state index in [2.05, 4.69) is 31.9 Å². The molecule has 0 aromatic heterocycles. The van der Waals surface area contributed by atoms with E-state index < -0.39 is 0 Å². The fraction of sp³-hybridized carbons (Fsp3) is 0.556. The second kappa shape index (κ2) is 7.23. The van der Waals surface area contributed by atoms with E-state index in [1.807, 2.05) is 25.1 Å². The molecule has 2 amide bonds. The topological polar surface area (TPSA) is 70.2 Å². The average Bonchev–Trinajstić information content (AvgIpc) is 3.01. The number of carbonyl (C=O) groups excluding carboxylic acids is 2. The van der Waals surface area contributed by atoms with Crippen molar-refractivity contribution >= 4 is 33.4 Å². The number of hydrogen-bond acceptors (Lipinski definition) is 3. The number of aryl methyl sites for hydroxylation is 1. The van der Waals surface area contributed by atoms with Gasteiger partial charge in [-0.25, -0.2) is 0 Å². The molecule has 130 valence electrons. The van der Waals surface area contributed by atoms with Crippen LogP contribution in [0.3, 0.4) is 0 Å². The Kier molecular flexibility index (Phi) is 5.25. The maximum absolute atomic E-state index is 12.7. The van der Waals surface area contributed by atoms with Crippen molar-refractivity contribution in [1.29, 1.82) is 0 Å². The normalized spacial score (nSPS) is 25.8. The summed E-state index contributed by atoms with van der Waals surface area (Å²) in [6.45, 7) is 3.60. The van der Waals surface area contributed by atoms with Crippen molar-refractivity contribution in [1.82, 2.24) is 10.6 Å². The lowest BCUT2D eigenvalue weighted by Crippen LogP contribution is -2.49. The first-order chi connectivity index (χ1) is 11.5. The number of carbonyl (C=O) groups is 2. The van der Waals surface area contributed by atoms with Gasteiger partial charge in [0.15, 0.2) is 0 Å². The number of anilines is 1. The Balaban J connectivity index is 1.58. The number of nitrogens with one attached hydrogen (secondary N) is 3. The molecule has 2 fully saturated rings. The highest BCUT2D eigenvalue weighted by Crippen LogP contribution is 2.43. The van der Waals surface area contributed by atoms with Crippen LogP contribution in [0.2, 0.25) is 0 Å². The molecule has 2 atom stereocenters. The van der Waals surface area contributed by atoms with Crippen molar-refractivity contribution < 1.29 is 9.59 Å². The highest BCUT2D eigenvalue weighted by atomic mass is 79.9. The molecule has 5 nitrogen and oxygen atoms in total. The summed E-state index contributed by atoms with van der Waals surface area (Å²) in [6, 6.07) is 5.74. The number of fused-ring (bicyclic) bond motifs is 1. The molecular formula is C18H24BrN3O2. The van der Waals surface area contributed by atoms with Gasteiger partial charge in [0, 0.05) is 16.7 Å². The third-order valence-electron chi connectivity index (χ3n) is 5.37. The van der Waals surface area contributed by atoms with Gasteiger partial charge < -0.3 is 16.0 Å². The van der Waals surface area contributed by atoms with Crippen LogP contribution in [0.4, 0.5) is 5.69 Å². The Bertz CT molecular complexity index is 649. The lowest BCUT2D eigenvalue weighted by Gasteiger charge is -2.37. The molecule has 1 saturated carbocycles. The van der Waals surface area contributed by atoms with E-state index in [0.29, 0.717) is 5.92 Å². The summed E-state index contributed by atoms with van der Waals surface area (Å²) in [7, 11) is 0. The van der Waals surface area contributed by atoms with Gasteiger partial charge in [-0.15, -0.1) is 0 Å². The summed E-state index contributed by atoms with van der Waals surface area (Å²) in [6.07, 6.45) is 4.31. The highest BCUT2D eigenvalue weighted by molar-refractivity contribution is 9.10. The lowest BCUT2D eigenvalue weighted by molar-refractivity contribution is -0.135. The van der Waals surface area contributed by atoms with Crippen LogP contribution < -0.4 is 16.0 Å². The Morgan fingerprint density at radius 2 is 2.21 bits per heavy atom. The largest absolute Gasteiger partial charge is 0.346 e. The molecule has 1 heterocycles. The van der Waals surface area contributed by atoms with Gasteiger partial charge >= 0.3 is 0 Å². The molecular weight excluding hydrogens is 370 g/mol. The molecule has 24 heavy (non-hydrogen) atoms. The van der Waals surface area contributed by atoms with Crippen LogP contribution in [0.1, 0.15) is 31.2 Å². The maximum Gasteiger partial charge on any atom is 0.243 e. The minimum absolute atomic E-state index is 0.0132. The molecule has 3 rings (SSSR count). The van der Waals surface area contributed by atoms with Gasteiger partial charge in [0.1, 0.15) is 0 Å². The van der Waals surface area contributed by atoms with Crippen LogP contribution in [0.5, 0.6) is 0 Å². The molecule has 0 unspecified atom stereocenters. The van der Waals surface area contributed by atoms with E-state index in [1.165, 1.54) is 6.42 Å². The van der Waals surface area contributed by atoms with Crippen LogP contribution >= 0.6 is 15.9 Å². The van der Waals surface area contributed by atoms with Gasteiger partial charge in [-0.2, -0.15) is 0 Å². The van der Waals surface area contributed by atoms with Crippen molar-refractivity contribution in [3.8, 4) is 0 Å². The van der Waals surface area contributed by atoms with Gasteiger partial charge in [0.05, 0.1) is 12.0 Å². The molecule has 3 N–H and O–H groups in total. The molecule has 1 aliphatic carbocycles. The van der Waals surface area contributed by atoms with Crippen LogP contribution in [-0.2, 0) is 9.59 Å². The van der Waals surface area contributed by atoms with Crippen molar-refractivity contribution in [2.24, 2.45) is 11.3 Å². The molecule has 0 radical (unpaired) electrons. The summed E-state index contributed by atoms with van der Waals surface area (Å²) < 4.78 is 0.911. The first kappa shape index (κ1) is 17.4. The van der Waals surface area contributed by atoms with Gasteiger partial charge in [-0.1, -0.05) is 34.8 Å². The predicted octanol–water partition coefficient (Wildman–Crippen LogP) is 2.59. The van der Waals surface area contributed by atoms with Gasteiger partial charge in [-0.05, 0) is 49.9 Å². The molecule has 6 heteroatoms. The number of rotatable bonds is 4. The summed E-state index contributed by atoms with van der Waals surface area (Å²) in [5.74, 6) is 0.235. The monoisotopic (exact) mass is 393 g/mol. The van der Waals surface area contributed by atoms with Crippen molar-refractivity contribution in [2.45, 2.75) is 32.6 Å². The molecule has 1 aromatic rings. The van der Waals surface area contributed by atoms with E-state index >= 15 is 0 Å². The third kappa shape index (κ3) is 3.49. The van der Waals surface area contributed by atoms with E-state index in [4.69, 9.17) is 0 Å². The van der Waals surface area contributed by atoms with Gasteiger partial charge in [0.2, 0.25) is 11.8 Å². The molecule has 1 aliphatic heterocycles. The van der Waals surface area contributed by atoms with E-state index in [0.717, 1.165) is 48.1 Å². The van der Waals surface area contributed by atoms with Gasteiger partial charge in [-0.3, -0.25) is 9.59 Å². The smallest absolute Gasteiger partial charge is 0.243 e. The number of hydrogen-bond donors (Lipinski definition) is 3. The molecule has 0 bridgehead atoms. The number of halogens is 1. The lowest BCUT2D eigenvalue weighted by atomic mass is 9.67. The van der Waals surface area contributed by atoms with Crippen molar-refractivity contribution in [3.63, 3.8) is 0 Å². The van der Waals surface area contributed by atoms with E-state index in [9.17, 15) is 9.59 Å². The van der Waals surface area contributed by atoms with Crippen LogP contribution in [0.25, 0.3) is 0 Å². The average molecular weight is 394 g/mol. The van der Waals surface area contributed by atoms with Crippen LogP contribution in [-0.4, -0.2) is 31.4 Å². The zero-order valence-electron chi connectivity index (χ0n) is 14.0. The van der Waals surface area contributed by atoms with E-state index in [1.54, 1.807) is 0 Å². The standard InChI is InChI=1S/C18H24BrN3O2/c1-12-5-6-14(19)8-15(12)22-16(23)10-21-17(24)18-7-3-2-4-13(18)9-20-11-18/h5-6,8,13,20H,2-4,7,9-11H2,1H3,(H,21,24)(H,22,23)/t13-,18+/m0/s1. The second-order valence-corrected chi connectivity index (χ2v) is 7.84. The highest BCUT2D eigenvalue weighted by Gasteiger charge is 2.49. The summed E-state index contributed by atoms with van der Waals surface area (Å²) in [5, 5.41) is 9.09. The zero-order chi connectivity index (χ0) is 17.2. The molecule has 1 aromatic carbocycles. The minimum atomic E-state index is -0.315. The summed E-state index contributed by atoms with van der Waals surface area (Å²) in [4.78, 5) is 24.9. The maximum atomic E-state index is 12.7. The molecule has 1 saturated heterocycles. The Morgan fingerprint density at radius 1 is 1.38 bits per heavy atom. The Labute approximate surface area is 151 Å². The Morgan fingerprint density at radius 3 is 3.04 bits per heavy atom. The van der Waals surface area contributed by atoms with Crippen LogP contribution in [0, 0.1) is 18.3 Å². The predicted molar refractivity (Wildman–Crippen MR) is 97.8 cm³/mol. The summed E-state index contributed by atoms with van der Waals surface area (Å²) in [5.41, 5.74) is 1.44. The fourth-order valence-corrected chi connectivity index (χ4v) is 4.31. The SMILES string of the molecule is Cc1ccc(Br)cc1NC(=O)CNC(=O)[C@@]12CCCC[C@H]1CNC2. The first-order valence-corrected chi connectivity index (χ1v) is 9.35. The van der Waals surface area contributed by atoms with Gasteiger partial charge in [0.25, 0.3) is 0 Å². The number of amides is 2. The van der Waals surface area contributed by atoms with Crippen molar-refractivity contribution in [3.05, 3.63) is 28.2 Å². The summed E-state index contributed by atoms with van der Waals surface area (Å²) >= 11 is 3.40. The fourth-order valence-electron chi connectivity index (χ4n) is 3.95. The minimum Gasteiger partial charge on any atom is -0.346 e. The number of benzene rings is 1.